The van der Waals surface area contributed by atoms with Crippen LogP contribution in [0.4, 0.5) is 31.1 Å². The number of nitrogens with zero attached hydrogens (tertiary/aromatic N) is 8. The molecule has 1 fully saturated rings. The Morgan fingerprint density at radius 2 is 1.82 bits per heavy atom. The smallest absolute Gasteiger partial charge is 0.433 e. The summed E-state index contributed by atoms with van der Waals surface area (Å²) in [6, 6.07) is 9.22. The average Bonchev–Trinajstić information content (AvgIpc) is 3.41. The van der Waals surface area contributed by atoms with E-state index in [2.05, 4.69) is 26.8 Å². The van der Waals surface area contributed by atoms with Gasteiger partial charge in [0.05, 0.1) is 22.9 Å². The predicted octanol–water partition coefficient (Wildman–Crippen LogP) is 7.92. The zero-order chi connectivity index (χ0) is 40.0. The molecule has 19 heteroatoms. The first-order chi connectivity index (χ1) is 25.9. The summed E-state index contributed by atoms with van der Waals surface area (Å²) in [4.78, 5) is 40.9. The molecule has 2 aromatic heterocycles. The highest BCUT2D eigenvalue weighted by Gasteiger charge is 2.55. The van der Waals surface area contributed by atoms with Crippen LogP contribution >= 0.6 is 11.6 Å². The van der Waals surface area contributed by atoms with Crippen LogP contribution in [0.3, 0.4) is 0 Å². The molecule has 2 aromatic carbocycles. The van der Waals surface area contributed by atoms with Gasteiger partial charge in [0.15, 0.2) is 11.4 Å². The lowest BCUT2D eigenvalue weighted by molar-refractivity contribution is -0.133. The monoisotopic (exact) mass is 789 g/mol. The lowest BCUT2D eigenvalue weighted by Gasteiger charge is -2.37. The molecule has 4 aromatic rings. The van der Waals surface area contributed by atoms with E-state index in [9.17, 15) is 31.1 Å². The Balaban J connectivity index is 1.41. The number of nitrogens with two attached hydrogens (primary N) is 1. The van der Waals surface area contributed by atoms with Crippen molar-refractivity contribution >= 4 is 35.8 Å². The zero-order valence-corrected chi connectivity index (χ0v) is 30.2. The maximum Gasteiger partial charge on any atom is 0.433 e. The van der Waals surface area contributed by atoms with E-state index in [1.54, 1.807) is 24.3 Å². The molecule has 0 spiro atoms. The second-order valence-electron chi connectivity index (χ2n) is 14.0. The van der Waals surface area contributed by atoms with E-state index in [1.807, 2.05) is 20.8 Å². The first-order valence-electron chi connectivity index (χ1n) is 16.7. The summed E-state index contributed by atoms with van der Waals surface area (Å²) < 4.78 is 87.0. The summed E-state index contributed by atoms with van der Waals surface area (Å²) in [6.07, 6.45) is -2.16. The van der Waals surface area contributed by atoms with Gasteiger partial charge in [-0.2, -0.15) is 24.0 Å². The molecule has 0 radical (unpaired) electrons. The van der Waals surface area contributed by atoms with E-state index in [1.165, 1.54) is 30.6 Å². The molecule has 0 saturated heterocycles. The van der Waals surface area contributed by atoms with Crippen molar-refractivity contribution in [3.8, 4) is 16.8 Å². The Labute approximate surface area is 315 Å². The van der Waals surface area contributed by atoms with Crippen molar-refractivity contribution in [2.75, 3.05) is 6.61 Å². The number of carbonyl (C=O) groups is 2. The topological polar surface area (TPSA) is 146 Å². The number of ether oxygens (including phenoxy) is 1. The van der Waals surface area contributed by atoms with E-state index >= 15 is 4.79 Å². The average molecular weight is 790 g/mol. The van der Waals surface area contributed by atoms with Crippen LogP contribution in [0.1, 0.15) is 63.2 Å². The van der Waals surface area contributed by atoms with Crippen molar-refractivity contribution in [3.05, 3.63) is 95.3 Å². The number of rotatable bonds is 12. The summed E-state index contributed by atoms with van der Waals surface area (Å²) >= 11 is 6.44. The number of aromatic nitrogens is 5. The van der Waals surface area contributed by atoms with Gasteiger partial charge in [-0.15, -0.1) is 0 Å². The van der Waals surface area contributed by atoms with Crippen molar-refractivity contribution in [2.45, 2.75) is 58.2 Å². The van der Waals surface area contributed by atoms with Crippen LogP contribution in [-0.2, 0) is 15.1 Å². The van der Waals surface area contributed by atoms with Gasteiger partial charge in [-0.25, -0.2) is 41.7 Å². The third-order valence-electron chi connectivity index (χ3n) is 9.45. The number of alkyl halides is 6. The number of halogens is 7. The van der Waals surface area contributed by atoms with Gasteiger partial charge in [0.2, 0.25) is 12.4 Å². The molecular formula is C36H34ClF6N9O3. The highest BCUT2D eigenvalue weighted by atomic mass is 35.5. The lowest BCUT2D eigenvalue weighted by atomic mass is 9.71. The number of carbonyl (C=O) groups excluding carboxylic acids is 2. The Kier molecular flexibility index (Phi) is 10.7. The minimum atomic E-state index is -3.04. The van der Waals surface area contributed by atoms with Crippen LogP contribution in [-0.4, -0.2) is 66.7 Å². The molecule has 4 atom stereocenters. The molecular weight excluding hydrogens is 756 g/mol. The highest BCUT2D eigenvalue weighted by molar-refractivity contribution is 6.32. The van der Waals surface area contributed by atoms with E-state index in [0.29, 0.717) is 26.9 Å². The second kappa shape index (κ2) is 15.0. The molecule has 1 aliphatic carbocycles. The van der Waals surface area contributed by atoms with Gasteiger partial charge in [0.25, 0.3) is 12.3 Å². The quantitative estimate of drug-likeness (QED) is 0.0872. The Morgan fingerprint density at radius 3 is 2.42 bits per heavy atom. The molecule has 1 saturated carbocycles. The third kappa shape index (κ3) is 7.59. The van der Waals surface area contributed by atoms with Crippen LogP contribution in [0.15, 0.2) is 83.3 Å². The summed E-state index contributed by atoms with van der Waals surface area (Å²) in [5.41, 5.74) is 5.59. The second-order valence-corrected chi connectivity index (χ2v) is 14.4. The fraction of sp³-hybridized carbons (Fsp3) is 0.361. The fourth-order valence-corrected chi connectivity index (χ4v) is 6.49. The molecule has 2 N–H and O–H groups in total. The van der Waals surface area contributed by atoms with Crippen LogP contribution in [0, 0.1) is 17.3 Å². The van der Waals surface area contributed by atoms with Gasteiger partial charge < -0.3 is 10.5 Å². The third-order valence-corrected chi connectivity index (χ3v) is 9.77. The minimum absolute atomic E-state index is 0.0152. The van der Waals surface area contributed by atoms with Crippen LogP contribution in [0.2, 0.25) is 5.02 Å². The minimum Gasteiger partial charge on any atom is -0.445 e. The summed E-state index contributed by atoms with van der Waals surface area (Å²) in [5, 5.41) is 7.55. The van der Waals surface area contributed by atoms with Gasteiger partial charge in [0, 0.05) is 29.8 Å². The van der Waals surface area contributed by atoms with Gasteiger partial charge in [0.1, 0.15) is 12.9 Å². The number of amides is 2. The van der Waals surface area contributed by atoms with Gasteiger partial charge in [-0.3, -0.25) is 9.69 Å². The SMILES string of the molecule is C=C(C(C)(C)C)[C@]1(c2ccc(-c3cnn(C(F)F)c3)cc2)N=C(N)N([C@H](COC(=O)N=CC2C[C@@H]2C(F)F)c2ccc(Cl)c(-n3ncnc3C(F)F)c2)C1=O. The molecule has 290 valence electrons. The number of hydrogen-bond donors (Lipinski definition) is 1. The molecule has 12 nitrogen and oxygen atoms in total. The molecule has 3 heterocycles. The first-order valence-corrected chi connectivity index (χ1v) is 17.1. The maximum absolute atomic E-state index is 15.0. The summed E-state index contributed by atoms with van der Waals surface area (Å²) in [6.45, 7) is 6.23. The number of benzene rings is 2. The Hall–Kier alpha value is -5.52. The van der Waals surface area contributed by atoms with Gasteiger partial charge in [-0.05, 0) is 46.2 Å². The normalized spacial score (nSPS) is 20.6. The Morgan fingerprint density at radius 1 is 1.11 bits per heavy atom. The largest absolute Gasteiger partial charge is 0.445 e. The van der Waals surface area contributed by atoms with E-state index < -0.39 is 72.7 Å². The van der Waals surface area contributed by atoms with Crippen LogP contribution in [0.5, 0.6) is 0 Å². The van der Waals surface area contributed by atoms with Crippen molar-refractivity contribution in [1.82, 2.24) is 29.4 Å². The summed E-state index contributed by atoms with van der Waals surface area (Å²) in [5.74, 6) is -3.30. The maximum atomic E-state index is 15.0. The van der Waals surface area contributed by atoms with Crippen molar-refractivity contribution in [3.63, 3.8) is 0 Å². The van der Waals surface area contributed by atoms with Gasteiger partial charge in [-0.1, -0.05) is 69.3 Å². The molecule has 6 rings (SSSR count). The standard InChI is InChI=1S/C36H34ClF6N9O3/c1-18(35(2,3)4)36(23-8-5-19(6-9-23)22-14-47-50(15-22)32(42)43)31(53)51(33(44)49-36)27(16-55-34(54)45-13-21-11-24(21)28(38)39)20-7-10-25(37)26(12-20)52-30(29(40)41)46-17-48-52/h5-10,12-15,17,21,24,27-29,32H,1,11,16H2,2-4H3,(H2,44,49)/t21?,24-,27+,36+/m0/s1. The van der Waals surface area contributed by atoms with E-state index in [4.69, 9.17) is 27.1 Å². The van der Waals surface area contributed by atoms with E-state index in [0.717, 1.165) is 22.1 Å². The molecule has 55 heavy (non-hydrogen) atoms. The number of guanidine groups is 1. The molecule has 1 unspecified atom stereocenters. The molecule has 1 aliphatic heterocycles. The van der Waals surface area contributed by atoms with Crippen molar-refractivity contribution in [2.24, 2.45) is 33.0 Å². The summed E-state index contributed by atoms with van der Waals surface area (Å²) in [7, 11) is 0. The molecule has 0 bridgehead atoms. The lowest BCUT2D eigenvalue weighted by Crippen LogP contribution is -2.48. The van der Waals surface area contributed by atoms with Gasteiger partial charge >= 0.3 is 12.6 Å². The molecule has 2 amide bonds. The Bertz CT molecular complexity index is 2170. The highest BCUT2D eigenvalue weighted by Crippen LogP contribution is 2.48. The fourth-order valence-electron chi connectivity index (χ4n) is 6.30. The van der Waals surface area contributed by atoms with E-state index in [-0.39, 0.29) is 28.7 Å². The first kappa shape index (κ1) is 39.2. The molecule has 2 aliphatic rings. The van der Waals surface area contributed by atoms with Crippen LogP contribution < -0.4 is 5.73 Å². The zero-order valence-electron chi connectivity index (χ0n) is 29.5. The van der Waals surface area contributed by atoms with Crippen molar-refractivity contribution < 1.29 is 40.7 Å². The number of hydrogen-bond acceptors (Lipinski definition) is 8. The van der Waals surface area contributed by atoms with Crippen molar-refractivity contribution in [1.29, 1.82) is 0 Å². The van der Waals surface area contributed by atoms with Crippen LogP contribution in [0.25, 0.3) is 16.8 Å². The predicted molar refractivity (Wildman–Crippen MR) is 189 cm³/mol. The number of aliphatic imine (C=N–C) groups is 2.